The average Bonchev–Trinajstić information content (AvgIpc) is 3.10. The van der Waals surface area contributed by atoms with Crippen LogP contribution < -0.4 is 10.1 Å². The normalized spacial score (nSPS) is 15.3. The van der Waals surface area contributed by atoms with Crippen molar-refractivity contribution in [2.24, 2.45) is 0 Å². The van der Waals surface area contributed by atoms with Crippen LogP contribution in [0.15, 0.2) is 60.7 Å². The number of halogens is 4. The zero-order valence-corrected chi connectivity index (χ0v) is 20.3. The number of nitrogens with one attached hydrogen (secondary N) is 1. The first-order valence-corrected chi connectivity index (χ1v) is 11.5. The Kier molecular flexibility index (Phi) is 7.72. The van der Waals surface area contributed by atoms with Gasteiger partial charge in [0.15, 0.2) is 28.4 Å². The Bertz CT molecular complexity index is 1340. The van der Waals surface area contributed by atoms with E-state index in [4.69, 9.17) is 17.0 Å². The SMILES string of the molecule is COc1ccc(NC(=O)CC2C(=O)N(Cc3ccccc3)C(=S)N2Cc2cc(F)c(F)c(F)c2F)cc1. The minimum Gasteiger partial charge on any atom is -0.497 e. The quantitative estimate of drug-likeness (QED) is 0.196. The van der Waals surface area contributed by atoms with Gasteiger partial charge in [-0.25, -0.2) is 17.6 Å². The van der Waals surface area contributed by atoms with E-state index in [0.717, 1.165) is 5.56 Å². The lowest BCUT2D eigenvalue weighted by Gasteiger charge is -2.24. The number of benzene rings is 3. The molecular weight excluding hydrogens is 510 g/mol. The van der Waals surface area contributed by atoms with Crippen molar-refractivity contribution in [2.45, 2.75) is 25.6 Å². The van der Waals surface area contributed by atoms with Gasteiger partial charge in [-0.1, -0.05) is 30.3 Å². The molecule has 1 N–H and O–H groups in total. The molecule has 0 radical (unpaired) electrons. The lowest BCUT2D eigenvalue weighted by atomic mass is 10.1. The van der Waals surface area contributed by atoms with Crippen LogP contribution in [0.3, 0.4) is 0 Å². The van der Waals surface area contributed by atoms with E-state index < -0.39 is 53.2 Å². The highest BCUT2D eigenvalue weighted by Gasteiger charge is 2.43. The van der Waals surface area contributed by atoms with Gasteiger partial charge in [0, 0.05) is 17.8 Å². The van der Waals surface area contributed by atoms with E-state index in [9.17, 15) is 27.2 Å². The van der Waals surface area contributed by atoms with Gasteiger partial charge in [-0.15, -0.1) is 0 Å². The molecule has 0 saturated carbocycles. The Morgan fingerprint density at radius 2 is 1.65 bits per heavy atom. The second kappa shape index (κ2) is 11.0. The second-order valence-corrected chi connectivity index (χ2v) is 8.64. The van der Waals surface area contributed by atoms with Crippen LogP contribution in [0.5, 0.6) is 5.75 Å². The largest absolute Gasteiger partial charge is 0.497 e. The first-order chi connectivity index (χ1) is 17.7. The van der Waals surface area contributed by atoms with Crippen LogP contribution >= 0.6 is 12.2 Å². The molecule has 1 heterocycles. The monoisotopic (exact) mass is 531 g/mol. The van der Waals surface area contributed by atoms with Crippen LogP contribution in [0, 0.1) is 23.3 Å². The number of methoxy groups -OCH3 is 1. The lowest BCUT2D eigenvalue weighted by Crippen LogP contribution is -2.37. The highest BCUT2D eigenvalue weighted by Crippen LogP contribution is 2.28. The maximum atomic E-state index is 14.5. The Balaban J connectivity index is 1.61. The molecule has 1 aliphatic heterocycles. The zero-order valence-electron chi connectivity index (χ0n) is 19.5. The molecule has 192 valence electrons. The Hall–Kier alpha value is -3.99. The molecule has 0 aromatic heterocycles. The molecule has 4 rings (SSSR count). The van der Waals surface area contributed by atoms with Crippen LogP contribution in [-0.2, 0) is 22.7 Å². The van der Waals surface area contributed by atoms with E-state index in [1.165, 1.54) is 16.9 Å². The van der Waals surface area contributed by atoms with Crippen LogP contribution in [0.2, 0.25) is 0 Å². The van der Waals surface area contributed by atoms with Gasteiger partial charge < -0.3 is 15.0 Å². The van der Waals surface area contributed by atoms with Crippen molar-refractivity contribution < 1.29 is 31.9 Å². The maximum absolute atomic E-state index is 14.5. The van der Waals surface area contributed by atoms with Crippen molar-refractivity contribution in [1.82, 2.24) is 9.80 Å². The third-order valence-corrected chi connectivity index (χ3v) is 6.31. The van der Waals surface area contributed by atoms with Crippen LogP contribution in [0.25, 0.3) is 0 Å². The predicted octanol–water partition coefficient (Wildman–Crippen LogP) is 4.78. The van der Waals surface area contributed by atoms with Crippen molar-refractivity contribution in [3.05, 3.63) is 95.1 Å². The summed E-state index contributed by atoms with van der Waals surface area (Å²) in [6.07, 6.45) is -0.385. The fourth-order valence-corrected chi connectivity index (χ4v) is 4.31. The first kappa shape index (κ1) is 26.1. The number of amides is 2. The Morgan fingerprint density at radius 3 is 2.30 bits per heavy atom. The number of hydrogen-bond acceptors (Lipinski definition) is 4. The summed E-state index contributed by atoms with van der Waals surface area (Å²) in [6, 6.07) is 14.7. The third kappa shape index (κ3) is 5.56. The van der Waals surface area contributed by atoms with Gasteiger partial charge in [-0.3, -0.25) is 14.5 Å². The van der Waals surface area contributed by atoms with Gasteiger partial charge in [0.1, 0.15) is 11.8 Å². The third-order valence-electron chi connectivity index (χ3n) is 5.86. The summed E-state index contributed by atoms with van der Waals surface area (Å²) in [7, 11) is 1.50. The molecule has 1 unspecified atom stereocenters. The number of carbonyl (C=O) groups is 2. The number of ether oxygens (including phenoxy) is 1. The van der Waals surface area contributed by atoms with E-state index in [-0.39, 0.29) is 18.1 Å². The van der Waals surface area contributed by atoms with E-state index in [2.05, 4.69) is 5.32 Å². The molecule has 1 fully saturated rings. The summed E-state index contributed by atoms with van der Waals surface area (Å²) in [4.78, 5) is 28.6. The van der Waals surface area contributed by atoms with Gasteiger partial charge in [-0.2, -0.15) is 0 Å². The molecule has 0 aliphatic carbocycles. The molecule has 2 amide bonds. The molecule has 1 atom stereocenters. The summed E-state index contributed by atoms with van der Waals surface area (Å²) in [6.45, 7) is -0.490. The molecule has 6 nitrogen and oxygen atoms in total. The fraction of sp³-hybridized carbons (Fsp3) is 0.192. The van der Waals surface area contributed by atoms with E-state index in [1.54, 1.807) is 54.6 Å². The minimum atomic E-state index is -1.97. The van der Waals surface area contributed by atoms with Crippen LogP contribution in [-0.4, -0.2) is 39.9 Å². The molecule has 3 aromatic carbocycles. The Morgan fingerprint density at radius 1 is 0.973 bits per heavy atom. The summed E-state index contributed by atoms with van der Waals surface area (Å²) < 4.78 is 60.8. The summed E-state index contributed by atoms with van der Waals surface area (Å²) in [5.74, 6) is -7.60. The molecule has 3 aromatic rings. The smallest absolute Gasteiger partial charge is 0.252 e. The summed E-state index contributed by atoms with van der Waals surface area (Å²) in [5.41, 5.74) is 0.639. The highest BCUT2D eigenvalue weighted by atomic mass is 32.1. The number of anilines is 1. The summed E-state index contributed by atoms with van der Waals surface area (Å²) >= 11 is 5.46. The minimum absolute atomic E-state index is 0.0550. The zero-order chi connectivity index (χ0) is 26.7. The predicted molar refractivity (Wildman–Crippen MR) is 131 cm³/mol. The lowest BCUT2D eigenvalue weighted by molar-refractivity contribution is -0.131. The summed E-state index contributed by atoms with van der Waals surface area (Å²) in [5, 5.41) is 2.61. The molecular formula is C26H21F4N3O3S. The number of carbonyl (C=O) groups excluding carboxylic acids is 2. The number of thiocarbonyl (C=S) groups is 1. The molecule has 0 bridgehead atoms. The first-order valence-electron chi connectivity index (χ1n) is 11.1. The Labute approximate surface area is 215 Å². The molecule has 1 aliphatic rings. The molecule has 1 saturated heterocycles. The van der Waals surface area contributed by atoms with Gasteiger partial charge in [-0.05, 0) is 48.1 Å². The van der Waals surface area contributed by atoms with E-state index in [0.29, 0.717) is 17.5 Å². The van der Waals surface area contributed by atoms with Crippen LogP contribution in [0.1, 0.15) is 17.5 Å². The van der Waals surface area contributed by atoms with Gasteiger partial charge in [0.25, 0.3) is 5.91 Å². The van der Waals surface area contributed by atoms with Crippen molar-refractivity contribution in [1.29, 1.82) is 0 Å². The topological polar surface area (TPSA) is 61.9 Å². The van der Waals surface area contributed by atoms with Gasteiger partial charge in [0.2, 0.25) is 5.91 Å². The van der Waals surface area contributed by atoms with Crippen LogP contribution in [0.4, 0.5) is 23.2 Å². The molecule has 0 spiro atoms. The van der Waals surface area contributed by atoms with Crippen molar-refractivity contribution in [2.75, 3.05) is 12.4 Å². The maximum Gasteiger partial charge on any atom is 0.252 e. The molecule has 11 heteroatoms. The average molecular weight is 532 g/mol. The highest BCUT2D eigenvalue weighted by molar-refractivity contribution is 7.80. The van der Waals surface area contributed by atoms with E-state index >= 15 is 0 Å². The number of hydrogen-bond donors (Lipinski definition) is 1. The van der Waals surface area contributed by atoms with E-state index in [1.807, 2.05) is 0 Å². The second-order valence-electron chi connectivity index (χ2n) is 8.28. The standard InChI is InChI=1S/C26H21F4N3O3S/c1-36-18-9-7-17(8-10-18)31-21(34)12-20-25(35)33(13-15-5-3-2-4-6-15)26(37)32(20)14-16-11-19(27)23(29)24(30)22(16)28/h2-11,20H,12-14H2,1H3,(H,31,34). The van der Waals surface area contributed by atoms with Gasteiger partial charge in [0.05, 0.1) is 20.1 Å². The fourth-order valence-electron chi connectivity index (χ4n) is 3.97. The van der Waals surface area contributed by atoms with Crippen molar-refractivity contribution in [3.63, 3.8) is 0 Å². The molecule has 37 heavy (non-hydrogen) atoms. The van der Waals surface area contributed by atoms with Gasteiger partial charge >= 0.3 is 0 Å². The number of rotatable bonds is 8. The van der Waals surface area contributed by atoms with Crippen molar-refractivity contribution in [3.8, 4) is 5.75 Å². The number of nitrogens with zero attached hydrogens (tertiary/aromatic N) is 2. The van der Waals surface area contributed by atoms with Crippen molar-refractivity contribution >= 4 is 34.8 Å².